The number of aryl methyl sites for hydroxylation is 1. The Morgan fingerprint density at radius 1 is 1.77 bits per heavy atom. The van der Waals surface area contributed by atoms with Crippen LogP contribution in [0, 0.1) is 0 Å². The molecule has 0 aromatic carbocycles. The van der Waals surface area contributed by atoms with Gasteiger partial charge in [0.2, 0.25) is 5.91 Å². The van der Waals surface area contributed by atoms with Gasteiger partial charge in [-0.1, -0.05) is 0 Å². The second-order valence-corrected chi connectivity index (χ2v) is 3.16. The maximum Gasteiger partial charge on any atom is 0.222 e. The summed E-state index contributed by atoms with van der Waals surface area (Å²) in [7, 11) is 0. The number of hydrogen-bond acceptors (Lipinski definition) is 3. The highest BCUT2D eigenvalue weighted by molar-refractivity contribution is 5.78. The molecule has 1 aliphatic rings. The summed E-state index contributed by atoms with van der Waals surface area (Å²) in [5.41, 5.74) is 6.01. The number of amides is 1. The molecule has 2 heterocycles. The lowest BCUT2D eigenvalue weighted by molar-refractivity contribution is -0.117. The zero-order valence-electron chi connectivity index (χ0n) is 7.29. The largest absolute Gasteiger partial charge is 0.370 e. The Morgan fingerprint density at radius 2 is 2.62 bits per heavy atom. The fourth-order valence-electron chi connectivity index (χ4n) is 1.55. The van der Waals surface area contributed by atoms with Gasteiger partial charge in [-0.3, -0.25) is 4.79 Å². The number of primary amides is 1. The Hall–Kier alpha value is -1.52. The van der Waals surface area contributed by atoms with Crippen LogP contribution in [0.1, 0.15) is 12.0 Å². The van der Waals surface area contributed by atoms with Gasteiger partial charge in [0.15, 0.2) is 0 Å². The molecule has 13 heavy (non-hydrogen) atoms. The normalized spacial score (nSPS) is 14.8. The third-order valence-corrected chi connectivity index (χ3v) is 2.12. The number of carbonyl (C=O) groups excluding carboxylic acids is 1. The summed E-state index contributed by atoms with van der Waals surface area (Å²) in [6.07, 6.45) is 3.05. The lowest BCUT2D eigenvalue weighted by atomic mass is 10.2. The van der Waals surface area contributed by atoms with E-state index in [1.165, 1.54) is 0 Å². The monoisotopic (exact) mass is 180 g/mol. The Balaban J connectivity index is 2.26. The van der Waals surface area contributed by atoms with Crippen molar-refractivity contribution in [2.75, 3.05) is 11.9 Å². The van der Waals surface area contributed by atoms with Crippen LogP contribution in [0.5, 0.6) is 0 Å². The number of carbonyl (C=O) groups is 1. The van der Waals surface area contributed by atoms with E-state index in [0.717, 1.165) is 30.9 Å². The van der Waals surface area contributed by atoms with Gasteiger partial charge in [0.05, 0.1) is 12.6 Å². The fraction of sp³-hybridized carbons (Fsp3) is 0.500. The Kier molecular flexibility index (Phi) is 1.92. The zero-order valence-corrected chi connectivity index (χ0v) is 7.29. The van der Waals surface area contributed by atoms with Gasteiger partial charge < -0.3 is 11.1 Å². The molecule has 1 aromatic heterocycles. The summed E-state index contributed by atoms with van der Waals surface area (Å²) in [4.78, 5) is 10.7. The standard InChI is InChI=1S/C8H12N4O/c9-7(13)4-6-5-11-12-3-1-2-10-8(6)12/h5,10H,1-4H2,(H2,9,13). The first-order valence-corrected chi connectivity index (χ1v) is 4.34. The number of anilines is 1. The number of fused-ring (bicyclic) bond motifs is 1. The molecule has 0 saturated carbocycles. The molecule has 0 spiro atoms. The second kappa shape index (κ2) is 3.08. The van der Waals surface area contributed by atoms with Gasteiger partial charge in [0, 0.05) is 18.7 Å². The van der Waals surface area contributed by atoms with E-state index in [4.69, 9.17) is 5.73 Å². The number of hydrogen-bond donors (Lipinski definition) is 2. The molecule has 5 nitrogen and oxygen atoms in total. The highest BCUT2D eigenvalue weighted by atomic mass is 16.1. The summed E-state index contributed by atoms with van der Waals surface area (Å²) >= 11 is 0. The third-order valence-electron chi connectivity index (χ3n) is 2.12. The van der Waals surface area contributed by atoms with E-state index >= 15 is 0 Å². The van der Waals surface area contributed by atoms with Crippen molar-refractivity contribution in [3.63, 3.8) is 0 Å². The van der Waals surface area contributed by atoms with Crippen molar-refractivity contribution in [1.29, 1.82) is 0 Å². The average molecular weight is 180 g/mol. The first-order valence-electron chi connectivity index (χ1n) is 4.34. The number of nitrogens with one attached hydrogen (secondary N) is 1. The van der Waals surface area contributed by atoms with Crippen LogP contribution in [-0.4, -0.2) is 22.2 Å². The van der Waals surface area contributed by atoms with Gasteiger partial charge in [-0.25, -0.2) is 4.68 Å². The minimum Gasteiger partial charge on any atom is -0.370 e. The van der Waals surface area contributed by atoms with E-state index < -0.39 is 0 Å². The molecule has 0 fully saturated rings. The molecule has 0 aliphatic carbocycles. The van der Waals surface area contributed by atoms with Gasteiger partial charge in [-0.15, -0.1) is 0 Å². The van der Waals surface area contributed by atoms with Crippen molar-refractivity contribution in [2.24, 2.45) is 5.73 Å². The van der Waals surface area contributed by atoms with E-state index in [2.05, 4.69) is 10.4 Å². The number of nitrogens with two attached hydrogens (primary N) is 1. The predicted octanol–water partition coefficient (Wildman–Crippen LogP) is -0.274. The van der Waals surface area contributed by atoms with Crippen LogP contribution in [-0.2, 0) is 17.8 Å². The molecule has 0 saturated heterocycles. The summed E-state index contributed by atoms with van der Waals surface area (Å²) < 4.78 is 1.88. The molecule has 3 N–H and O–H groups in total. The quantitative estimate of drug-likeness (QED) is 0.657. The van der Waals surface area contributed by atoms with Crippen LogP contribution in [0.4, 0.5) is 5.82 Å². The number of nitrogens with zero attached hydrogens (tertiary/aromatic N) is 2. The molecular weight excluding hydrogens is 168 g/mol. The van der Waals surface area contributed by atoms with Crippen molar-refractivity contribution < 1.29 is 4.79 Å². The summed E-state index contributed by atoms with van der Waals surface area (Å²) in [5, 5.41) is 7.37. The minimum absolute atomic E-state index is 0.266. The van der Waals surface area contributed by atoms with Crippen molar-refractivity contribution in [3.8, 4) is 0 Å². The molecule has 0 unspecified atom stereocenters. The maximum atomic E-state index is 10.7. The summed E-state index contributed by atoms with van der Waals surface area (Å²) in [6.45, 7) is 1.86. The molecule has 2 rings (SSSR count). The smallest absolute Gasteiger partial charge is 0.222 e. The van der Waals surface area contributed by atoms with E-state index in [0.29, 0.717) is 0 Å². The lowest BCUT2D eigenvalue weighted by Crippen LogP contribution is -2.20. The van der Waals surface area contributed by atoms with E-state index in [1.54, 1.807) is 6.20 Å². The van der Waals surface area contributed by atoms with Crippen molar-refractivity contribution >= 4 is 11.7 Å². The second-order valence-electron chi connectivity index (χ2n) is 3.16. The van der Waals surface area contributed by atoms with Crippen molar-refractivity contribution in [1.82, 2.24) is 9.78 Å². The predicted molar refractivity (Wildman–Crippen MR) is 48.2 cm³/mol. The Labute approximate surface area is 75.9 Å². The van der Waals surface area contributed by atoms with Crippen LogP contribution < -0.4 is 11.1 Å². The van der Waals surface area contributed by atoms with Crippen LogP contribution in [0.2, 0.25) is 0 Å². The first-order chi connectivity index (χ1) is 6.27. The van der Waals surface area contributed by atoms with E-state index in [-0.39, 0.29) is 12.3 Å². The average Bonchev–Trinajstić information content (AvgIpc) is 2.48. The van der Waals surface area contributed by atoms with Crippen molar-refractivity contribution in [2.45, 2.75) is 19.4 Å². The summed E-state index contributed by atoms with van der Waals surface area (Å²) in [5.74, 6) is 0.633. The molecule has 0 radical (unpaired) electrons. The first kappa shape index (κ1) is 8.10. The SMILES string of the molecule is NC(=O)Cc1cnn2c1NCCC2. The van der Waals surface area contributed by atoms with Gasteiger partial charge >= 0.3 is 0 Å². The van der Waals surface area contributed by atoms with Gasteiger partial charge in [0.1, 0.15) is 5.82 Å². The molecule has 70 valence electrons. The van der Waals surface area contributed by atoms with Crippen LogP contribution in [0.25, 0.3) is 0 Å². The minimum atomic E-state index is -0.317. The highest BCUT2D eigenvalue weighted by Crippen LogP contribution is 2.19. The number of rotatable bonds is 2. The number of aromatic nitrogens is 2. The fourth-order valence-corrected chi connectivity index (χ4v) is 1.55. The molecule has 0 bridgehead atoms. The van der Waals surface area contributed by atoms with E-state index in [9.17, 15) is 4.79 Å². The van der Waals surface area contributed by atoms with Crippen LogP contribution >= 0.6 is 0 Å². The molecular formula is C8H12N4O. The Bertz CT molecular complexity index is 331. The van der Waals surface area contributed by atoms with Crippen LogP contribution in [0.3, 0.4) is 0 Å². The lowest BCUT2D eigenvalue weighted by Gasteiger charge is -2.16. The van der Waals surface area contributed by atoms with Crippen LogP contribution in [0.15, 0.2) is 6.20 Å². The van der Waals surface area contributed by atoms with Gasteiger partial charge in [-0.2, -0.15) is 5.10 Å². The zero-order chi connectivity index (χ0) is 9.26. The topological polar surface area (TPSA) is 72.9 Å². The summed E-state index contributed by atoms with van der Waals surface area (Å²) in [6, 6.07) is 0. The molecule has 1 aromatic rings. The van der Waals surface area contributed by atoms with E-state index in [1.807, 2.05) is 4.68 Å². The molecule has 1 amide bonds. The van der Waals surface area contributed by atoms with Gasteiger partial charge in [-0.05, 0) is 6.42 Å². The third kappa shape index (κ3) is 1.49. The Morgan fingerprint density at radius 3 is 3.38 bits per heavy atom. The van der Waals surface area contributed by atoms with Crippen molar-refractivity contribution in [3.05, 3.63) is 11.8 Å². The molecule has 0 atom stereocenters. The molecule has 1 aliphatic heterocycles. The maximum absolute atomic E-state index is 10.7. The molecule has 5 heteroatoms. The van der Waals surface area contributed by atoms with Gasteiger partial charge in [0.25, 0.3) is 0 Å². The highest BCUT2D eigenvalue weighted by Gasteiger charge is 2.14.